The third-order valence-corrected chi connectivity index (χ3v) is 8.74. The van der Waals surface area contributed by atoms with Crippen molar-refractivity contribution in [3.8, 4) is 0 Å². The fourth-order valence-corrected chi connectivity index (χ4v) is 6.06. The molecule has 0 saturated carbocycles. The van der Waals surface area contributed by atoms with Crippen LogP contribution >= 0.6 is 0 Å². The second-order valence-electron chi connectivity index (χ2n) is 11.7. The average molecular weight is 597 g/mol. The number of likely N-dealkylation sites (tertiary alicyclic amines) is 2. The van der Waals surface area contributed by atoms with Crippen molar-refractivity contribution < 1.29 is 28.7 Å². The molecule has 4 atom stereocenters. The smallest absolute Gasteiger partial charge is 0.329 e. The van der Waals surface area contributed by atoms with Gasteiger partial charge in [0.1, 0.15) is 25.3 Å². The molecule has 2 heterocycles. The summed E-state index contributed by atoms with van der Waals surface area (Å²) in [5.74, 6) is -1.90. The van der Waals surface area contributed by atoms with E-state index in [9.17, 15) is 19.2 Å². The summed E-state index contributed by atoms with van der Waals surface area (Å²) in [5.41, 5.74) is 3.43. The maximum absolute atomic E-state index is 13.5. The maximum Gasteiger partial charge on any atom is 0.329 e. The van der Waals surface area contributed by atoms with Crippen LogP contribution in [0.25, 0.3) is 0 Å². The fourth-order valence-electron chi connectivity index (χ4n) is 6.06. The first kappa shape index (κ1) is 31.0. The highest BCUT2D eigenvalue weighted by atomic mass is 16.5. The molecule has 0 spiro atoms. The predicted molar refractivity (Wildman–Crippen MR) is 165 cm³/mol. The summed E-state index contributed by atoms with van der Waals surface area (Å²) in [7, 11) is 0. The topological polar surface area (TPSA) is 93.2 Å². The molecule has 3 aromatic carbocycles. The van der Waals surface area contributed by atoms with E-state index >= 15 is 0 Å². The number of rotatable bonds is 10. The Morgan fingerprint density at radius 1 is 0.614 bits per heavy atom. The van der Waals surface area contributed by atoms with Crippen molar-refractivity contribution in [3.05, 3.63) is 107 Å². The summed E-state index contributed by atoms with van der Waals surface area (Å²) in [5, 5.41) is 0. The molecule has 2 amide bonds. The first-order valence-corrected chi connectivity index (χ1v) is 15.5. The lowest BCUT2D eigenvalue weighted by Gasteiger charge is -2.27. The molecule has 3 aromatic rings. The molecular formula is C36H40N2O6. The third-order valence-electron chi connectivity index (χ3n) is 8.74. The SMILES string of the molecule is CC(C(=O)N1CCCC1C(=O)OCc1ccccc1)c1ccc(C(C)C(=O)N2CCCC2C(=O)OCc2ccccc2)cc1. The zero-order chi connectivity index (χ0) is 31.1. The lowest BCUT2D eigenvalue weighted by molar-refractivity contribution is -0.155. The number of ether oxygens (including phenoxy) is 2. The molecule has 8 nitrogen and oxygen atoms in total. The minimum Gasteiger partial charge on any atom is -0.459 e. The van der Waals surface area contributed by atoms with Crippen LogP contribution in [0.3, 0.4) is 0 Å². The molecular weight excluding hydrogens is 556 g/mol. The van der Waals surface area contributed by atoms with Crippen LogP contribution in [0.2, 0.25) is 0 Å². The Labute approximate surface area is 258 Å². The molecule has 5 rings (SSSR count). The molecule has 0 radical (unpaired) electrons. The zero-order valence-electron chi connectivity index (χ0n) is 25.4. The van der Waals surface area contributed by atoms with Gasteiger partial charge in [0.05, 0.1) is 11.8 Å². The van der Waals surface area contributed by atoms with Crippen molar-refractivity contribution in [2.24, 2.45) is 0 Å². The molecule has 2 fully saturated rings. The second kappa shape index (κ2) is 14.3. The number of carbonyl (C=O) groups is 4. The Kier molecular flexibility index (Phi) is 10.1. The molecule has 8 heteroatoms. The first-order valence-electron chi connectivity index (χ1n) is 15.5. The van der Waals surface area contributed by atoms with Crippen molar-refractivity contribution in [2.75, 3.05) is 13.1 Å². The number of esters is 2. The van der Waals surface area contributed by atoms with E-state index in [0.717, 1.165) is 35.1 Å². The normalized spacial score (nSPS) is 19.3. The largest absolute Gasteiger partial charge is 0.459 e. The van der Waals surface area contributed by atoms with E-state index in [1.54, 1.807) is 9.80 Å². The monoisotopic (exact) mass is 596 g/mol. The minimum absolute atomic E-state index is 0.116. The minimum atomic E-state index is -0.585. The second-order valence-corrected chi connectivity index (χ2v) is 11.7. The maximum atomic E-state index is 13.5. The van der Waals surface area contributed by atoms with Crippen molar-refractivity contribution in [1.29, 1.82) is 0 Å². The Bertz CT molecular complexity index is 1330. The van der Waals surface area contributed by atoms with Gasteiger partial charge in [-0.2, -0.15) is 0 Å². The van der Waals surface area contributed by atoms with E-state index in [-0.39, 0.29) is 37.0 Å². The van der Waals surface area contributed by atoms with Crippen molar-refractivity contribution in [1.82, 2.24) is 9.80 Å². The Hall–Kier alpha value is -4.46. The number of benzene rings is 3. The summed E-state index contributed by atoms with van der Waals surface area (Å²) in [4.78, 5) is 56.0. The van der Waals surface area contributed by atoms with Crippen molar-refractivity contribution >= 4 is 23.8 Å². The molecule has 0 aromatic heterocycles. The summed E-state index contributed by atoms with van der Waals surface area (Å²) in [6, 6.07) is 25.3. The number of carbonyl (C=O) groups excluding carboxylic acids is 4. The molecule has 2 aliphatic rings. The average Bonchev–Trinajstić information content (AvgIpc) is 3.77. The van der Waals surface area contributed by atoms with Gasteiger partial charge in [0.2, 0.25) is 11.8 Å². The third kappa shape index (κ3) is 7.18. The lowest BCUT2D eigenvalue weighted by atomic mass is 9.93. The van der Waals surface area contributed by atoms with Crippen molar-refractivity contribution in [3.63, 3.8) is 0 Å². The van der Waals surface area contributed by atoms with E-state index < -0.39 is 23.9 Å². The number of nitrogens with zero attached hydrogens (tertiary/aromatic N) is 2. The van der Waals surface area contributed by atoms with Gasteiger partial charge in [-0.25, -0.2) is 9.59 Å². The number of amides is 2. The van der Waals surface area contributed by atoms with Crippen LogP contribution in [-0.4, -0.2) is 58.7 Å². The van der Waals surface area contributed by atoms with Crippen LogP contribution in [0.1, 0.15) is 73.6 Å². The Morgan fingerprint density at radius 2 is 0.977 bits per heavy atom. The van der Waals surface area contributed by atoms with E-state index in [0.29, 0.717) is 25.9 Å². The van der Waals surface area contributed by atoms with Crippen LogP contribution in [0.5, 0.6) is 0 Å². The Morgan fingerprint density at radius 3 is 1.34 bits per heavy atom. The van der Waals surface area contributed by atoms with Gasteiger partial charge in [-0.15, -0.1) is 0 Å². The molecule has 0 bridgehead atoms. The molecule has 0 N–H and O–H groups in total. The Balaban J connectivity index is 1.17. The van der Waals surface area contributed by atoms with E-state index in [2.05, 4.69) is 0 Å². The van der Waals surface area contributed by atoms with E-state index in [1.807, 2.05) is 98.8 Å². The first-order chi connectivity index (χ1) is 21.3. The highest BCUT2D eigenvalue weighted by molar-refractivity contribution is 5.90. The lowest BCUT2D eigenvalue weighted by Crippen LogP contribution is -2.43. The van der Waals surface area contributed by atoms with Gasteiger partial charge in [0, 0.05) is 13.1 Å². The highest BCUT2D eigenvalue weighted by Crippen LogP contribution is 2.29. The van der Waals surface area contributed by atoms with Crippen molar-refractivity contribution in [2.45, 2.75) is 76.7 Å². The summed E-state index contributed by atoms with van der Waals surface area (Å²) in [6.07, 6.45) is 2.67. The predicted octanol–water partition coefficient (Wildman–Crippen LogP) is 5.36. The molecule has 2 aliphatic heterocycles. The van der Waals surface area contributed by atoms with E-state index in [4.69, 9.17) is 9.47 Å². The van der Waals surface area contributed by atoms with Gasteiger partial charge in [-0.1, -0.05) is 84.9 Å². The number of hydrogen-bond acceptors (Lipinski definition) is 6. The summed E-state index contributed by atoms with van der Waals surface area (Å²) < 4.78 is 11.1. The molecule has 2 saturated heterocycles. The standard InChI is InChI=1S/C36H40N2O6/c1-25(33(39)37-21-9-15-31(37)35(41)43-23-27-11-5-3-6-12-27)29-17-19-30(20-18-29)26(2)34(40)38-22-10-16-32(38)36(42)44-24-28-13-7-4-8-14-28/h3-8,11-14,17-20,25-26,31-32H,9-10,15-16,21-24H2,1-2H3. The van der Waals surface area contributed by atoms with Crippen LogP contribution in [-0.2, 0) is 41.9 Å². The summed E-state index contributed by atoms with van der Waals surface area (Å²) >= 11 is 0. The van der Waals surface area contributed by atoms with Crippen LogP contribution in [0.15, 0.2) is 84.9 Å². The number of hydrogen-bond donors (Lipinski definition) is 0. The van der Waals surface area contributed by atoms with Gasteiger partial charge in [0.25, 0.3) is 0 Å². The molecule has 4 unspecified atom stereocenters. The van der Waals surface area contributed by atoms with E-state index in [1.165, 1.54) is 0 Å². The van der Waals surface area contributed by atoms with Crippen LogP contribution in [0.4, 0.5) is 0 Å². The van der Waals surface area contributed by atoms with Gasteiger partial charge in [-0.3, -0.25) is 9.59 Å². The van der Waals surface area contributed by atoms with Crippen LogP contribution < -0.4 is 0 Å². The highest BCUT2D eigenvalue weighted by Gasteiger charge is 2.39. The molecule has 0 aliphatic carbocycles. The zero-order valence-corrected chi connectivity index (χ0v) is 25.4. The van der Waals surface area contributed by atoms with Gasteiger partial charge in [-0.05, 0) is 61.8 Å². The van der Waals surface area contributed by atoms with Gasteiger partial charge in [0.15, 0.2) is 0 Å². The molecule has 230 valence electrons. The fraction of sp³-hybridized carbons (Fsp3) is 0.389. The van der Waals surface area contributed by atoms with Gasteiger partial charge >= 0.3 is 11.9 Å². The quantitative estimate of drug-likeness (QED) is 0.293. The summed E-state index contributed by atoms with van der Waals surface area (Å²) in [6.45, 7) is 5.07. The van der Waals surface area contributed by atoms with Gasteiger partial charge < -0.3 is 19.3 Å². The van der Waals surface area contributed by atoms with Crippen LogP contribution in [0, 0.1) is 0 Å². The molecule has 44 heavy (non-hydrogen) atoms.